The number of hydrogen-bond donors (Lipinski definition) is 0. The van der Waals surface area contributed by atoms with E-state index in [0.29, 0.717) is 32.5 Å². The summed E-state index contributed by atoms with van der Waals surface area (Å²) in [6.45, 7) is 9.89. The summed E-state index contributed by atoms with van der Waals surface area (Å²) in [4.78, 5) is 43.5. The number of hydrogen-bond acceptors (Lipinski definition) is 6. The predicted octanol–water partition coefficient (Wildman–Crippen LogP) is 9.34. The van der Waals surface area contributed by atoms with Gasteiger partial charge in [-0.15, -0.1) is 0 Å². The van der Waals surface area contributed by atoms with Gasteiger partial charge in [0.25, 0.3) is 0 Å². The van der Waals surface area contributed by atoms with Crippen LogP contribution in [0.25, 0.3) is 22.2 Å². The minimum absolute atomic E-state index is 0.0899. The van der Waals surface area contributed by atoms with Crippen molar-refractivity contribution in [3.05, 3.63) is 183 Å². The number of rotatable bonds is 6. The summed E-state index contributed by atoms with van der Waals surface area (Å²) in [5.74, 6) is -0.329. The van der Waals surface area contributed by atoms with E-state index in [-0.39, 0.29) is 35.5 Å². The van der Waals surface area contributed by atoms with Crippen molar-refractivity contribution in [1.29, 1.82) is 0 Å². The number of benzene rings is 4. The number of aliphatic imine (C=N–C) groups is 1. The molecule has 318 valence electrons. The third-order valence-corrected chi connectivity index (χ3v) is 12.8. The van der Waals surface area contributed by atoms with Crippen LogP contribution >= 0.6 is 0 Å². The maximum absolute atomic E-state index is 13.3. The molecule has 0 N–H and O–H groups in total. The Labute approximate surface area is 366 Å². The molecular formula is C52H49F2N7O2. The lowest BCUT2D eigenvalue weighted by Gasteiger charge is -2.28. The van der Waals surface area contributed by atoms with Crippen LogP contribution in [-0.2, 0) is 48.9 Å². The standard InChI is InChI=1S/C26H25FN4O.C26H24FN3O/c1-16-12-20(8-10-28-16)26-23-13-19-9-11-31(17(2)18-4-6-22(27)7-5-18)25(32)15-21(19)14-24(23)30(3)29-26;1-16-11-20(7-9-28-16)26-24-13-19-8-10-30(17(2)18-3-5-23(27)6-4-18)25(31)14-21(19)12-22(24)15-29-26/h4-8,10,12-14,17H,9,11,15H2,1-3H3;3-7,9,11-13,17H,8,10,14-15H2,1-2H3/t2*17-/m11/s1. The SMILES string of the molecule is Cc1cc(-c2nn(C)c3cc4c(cc23)CCN([C@H](C)c2ccc(F)cc2)C(=O)C4)ccn1.Cc1cc(C2=NCc3cc4c(cc32)CCN([C@H](C)c2ccc(F)cc2)C(=O)C4)ccn1. The molecule has 0 unspecified atom stereocenters. The van der Waals surface area contributed by atoms with Gasteiger partial charge in [-0.3, -0.25) is 29.2 Å². The van der Waals surface area contributed by atoms with Crippen LogP contribution < -0.4 is 0 Å². The quantitative estimate of drug-likeness (QED) is 0.166. The molecule has 0 fully saturated rings. The van der Waals surface area contributed by atoms with Crippen molar-refractivity contribution in [1.82, 2.24) is 29.5 Å². The van der Waals surface area contributed by atoms with Crippen molar-refractivity contribution in [3.63, 3.8) is 0 Å². The van der Waals surface area contributed by atoms with E-state index < -0.39 is 0 Å². The first kappa shape index (κ1) is 41.5. The molecule has 0 spiro atoms. The highest BCUT2D eigenvalue weighted by molar-refractivity contribution is 6.15. The third-order valence-electron chi connectivity index (χ3n) is 12.8. The number of aryl methyl sites for hydroxylation is 3. The van der Waals surface area contributed by atoms with Crippen LogP contribution in [0.2, 0.25) is 0 Å². The molecule has 10 rings (SSSR count). The molecule has 3 aliphatic rings. The molecule has 2 amide bonds. The third kappa shape index (κ3) is 8.39. The van der Waals surface area contributed by atoms with Crippen molar-refractivity contribution in [2.75, 3.05) is 13.1 Å². The van der Waals surface area contributed by atoms with E-state index in [2.05, 4.69) is 40.3 Å². The minimum Gasteiger partial charge on any atom is -0.335 e. The van der Waals surface area contributed by atoms with E-state index in [1.54, 1.807) is 24.3 Å². The Bertz CT molecular complexity index is 2920. The van der Waals surface area contributed by atoms with Gasteiger partial charge in [-0.25, -0.2) is 8.78 Å². The Kier molecular flexibility index (Phi) is 11.3. The number of carbonyl (C=O) groups is 2. The van der Waals surface area contributed by atoms with Gasteiger partial charge in [0.15, 0.2) is 0 Å². The van der Waals surface area contributed by atoms with Gasteiger partial charge < -0.3 is 9.80 Å². The van der Waals surface area contributed by atoms with Crippen LogP contribution in [0.1, 0.15) is 87.4 Å². The van der Waals surface area contributed by atoms with Crippen LogP contribution in [0.5, 0.6) is 0 Å². The van der Waals surface area contributed by atoms with Crippen molar-refractivity contribution in [2.45, 2.75) is 72.0 Å². The van der Waals surface area contributed by atoms with Gasteiger partial charge in [-0.2, -0.15) is 5.10 Å². The van der Waals surface area contributed by atoms with Gasteiger partial charge in [0, 0.05) is 66.0 Å². The maximum atomic E-state index is 13.3. The second-order valence-electron chi connectivity index (χ2n) is 16.9. The average molecular weight is 842 g/mol. The molecule has 2 atom stereocenters. The topological polar surface area (TPSA) is 96.6 Å². The first-order chi connectivity index (χ1) is 30.4. The zero-order valence-corrected chi connectivity index (χ0v) is 36.2. The molecule has 63 heavy (non-hydrogen) atoms. The molecule has 0 bridgehead atoms. The largest absolute Gasteiger partial charge is 0.335 e. The minimum atomic E-state index is -0.268. The summed E-state index contributed by atoms with van der Waals surface area (Å²) >= 11 is 0. The molecule has 0 saturated carbocycles. The van der Waals surface area contributed by atoms with E-state index in [0.717, 1.165) is 85.5 Å². The number of nitrogens with zero attached hydrogens (tertiary/aromatic N) is 7. The highest BCUT2D eigenvalue weighted by Crippen LogP contribution is 2.34. The lowest BCUT2D eigenvalue weighted by molar-refractivity contribution is -0.133. The highest BCUT2D eigenvalue weighted by Gasteiger charge is 2.29. The molecule has 6 heterocycles. The van der Waals surface area contributed by atoms with E-state index in [1.165, 1.54) is 41.0 Å². The zero-order valence-electron chi connectivity index (χ0n) is 36.2. The van der Waals surface area contributed by atoms with Crippen LogP contribution in [0.4, 0.5) is 8.78 Å². The smallest absolute Gasteiger partial charge is 0.227 e. The molecule has 0 saturated heterocycles. The Morgan fingerprint density at radius 3 is 1.70 bits per heavy atom. The fraction of sp³-hybridized carbons (Fsp3) is 0.269. The second kappa shape index (κ2) is 17.1. The fourth-order valence-electron chi connectivity index (χ4n) is 9.29. The Hall–Kier alpha value is -6.88. The monoisotopic (exact) mass is 841 g/mol. The number of pyridine rings is 2. The molecule has 0 aliphatic carbocycles. The second-order valence-corrected chi connectivity index (χ2v) is 16.9. The summed E-state index contributed by atoms with van der Waals surface area (Å²) in [6, 6.07) is 29.4. The first-order valence-corrected chi connectivity index (χ1v) is 21.5. The van der Waals surface area contributed by atoms with Crippen molar-refractivity contribution in [3.8, 4) is 11.3 Å². The number of halogens is 2. The van der Waals surface area contributed by atoms with Gasteiger partial charge >= 0.3 is 0 Å². The summed E-state index contributed by atoms with van der Waals surface area (Å²) < 4.78 is 28.5. The molecular weight excluding hydrogens is 793 g/mol. The van der Waals surface area contributed by atoms with Crippen LogP contribution in [0, 0.1) is 25.5 Å². The van der Waals surface area contributed by atoms with Crippen molar-refractivity contribution in [2.24, 2.45) is 12.0 Å². The average Bonchev–Trinajstić information content (AvgIpc) is 3.72. The number of carbonyl (C=O) groups excluding carboxylic acids is 2. The fourth-order valence-corrected chi connectivity index (χ4v) is 9.29. The highest BCUT2D eigenvalue weighted by atomic mass is 19.1. The summed E-state index contributed by atoms with van der Waals surface area (Å²) in [6.07, 6.45) is 5.93. The maximum Gasteiger partial charge on any atom is 0.227 e. The van der Waals surface area contributed by atoms with E-state index in [4.69, 9.17) is 10.1 Å². The van der Waals surface area contributed by atoms with E-state index >= 15 is 0 Å². The Morgan fingerprint density at radius 1 is 0.603 bits per heavy atom. The molecule has 4 aromatic carbocycles. The molecule has 9 nitrogen and oxygen atoms in total. The normalized spacial score (nSPS) is 15.7. The lowest BCUT2D eigenvalue weighted by Crippen LogP contribution is -2.34. The zero-order chi connectivity index (χ0) is 43.9. The van der Waals surface area contributed by atoms with E-state index in [1.807, 2.05) is 79.8 Å². The van der Waals surface area contributed by atoms with Crippen LogP contribution in [0.3, 0.4) is 0 Å². The van der Waals surface area contributed by atoms with Crippen LogP contribution in [-0.4, -0.2) is 60.2 Å². The summed E-state index contributed by atoms with van der Waals surface area (Å²) in [5, 5.41) is 5.85. The summed E-state index contributed by atoms with van der Waals surface area (Å²) in [7, 11) is 1.94. The van der Waals surface area contributed by atoms with Crippen LogP contribution in [0.15, 0.2) is 114 Å². The molecule has 0 radical (unpaired) electrons. The summed E-state index contributed by atoms with van der Waals surface area (Å²) in [5.41, 5.74) is 15.8. The molecule has 3 aliphatic heterocycles. The van der Waals surface area contributed by atoms with Gasteiger partial charge in [0.2, 0.25) is 11.8 Å². The number of aromatic nitrogens is 4. The van der Waals surface area contributed by atoms with Gasteiger partial charge in [-0.05, 0) is 146 Å². The Balaban J connectivity index is 0.000000160. The van der Waals surface area contributed by atoms with Gasteiger partial charge in [0.1, 0.15) is 17.3 Å². The predicted molar refractivity (Wildman–Crippen MR) is 241 cm³/mol. The lowest BCUT2D eigenvalue weighted by atomic mass is 9.93. The number of amides is 2. The van der Waals surface area contributed by atoms with Gasteiger partial charge in [0.05, 0.1) is 42.7 Å². The number of fused-ring (bicyclic) bond motifs is 4. The molecule has 3 aromatic heterocycles. The van der Waals surface area contributed by atoms with Crippen molar-refractivity contribution < 1.29 is 18.4 Å². The molecule has 11 heteroatoms. The van der Waals surface area contributed by atoms with E-state index in [9.17, 15) is 18.4 Å². The first-order valence-electron chi connectivity index (χ1n) is 21.5. The molecule has 7 aromatic rings. The van der Waals surface area contributed by atoms with Gasteiger partial charge in [-0.1, -0.05) is 30.3 Å². The van der Waals surface area contributed by atoms with Crippen molar-refractivity contribution >= 4 is 28.4 Å². The Morgan fingerprint density at radius 2 is 1.13 bits per heavy atom.